The van der Waals surface area contributed by atoms with Gasteiger partial charge in [0.2, 0.25) is 5.91 Å². The number of hydrogen-bond donors (Lipinski definition) is 3. The molecule has 0 aromatic heterocycles. The molecule has 2 aromatic carbocycles. The summed E-state index contributed by atoms with van der Waals surface area (Å²) in [7, 11) is 0. The van der Waals surface area contributed by atoms with Crippen molar-refractivity contribution in [1.82, 2.24) is 10.6 Å². The zero-order valence-electron chi connectivity index (χ0n) is 24.4. The molecule has 1 saturated carbocycles. The Kier molecular flexibility index (Phi) is 12.3. The summed E-state index contributed by atoms with van der Waals surface area (Å²) in [4.78, 5) is 12.1. The van der Waals surface area contributed by atoms with Crippen molar-refractivity contribution in [3.05, 3.63) is 65.0 Å². The van der Waals surface area contributed by atoms with E-state index < -0.39 is 12.1 Å². The number of nitrogens with one attached hydrogen (secondary N) is 2. The molecule has 1 fully saturated rings. The number of unbranched alkanes of at least 4 members (excludes halogenated alkanes) is 3. The summed E-state index contributed by atoms with van der Waals surface area (Å²) in [6.07, 6.45) is 9.29. The summed E-state index contributed by atoms with van der Waals surface area (Å²) in [5.41, 5.74) is 3.06. The van der Waals surface area contributed by atoms with Crippen LogP contribution in [0.5, 0.6) is 5.75 Å². The Balaban J connectivity index is 1.72. The van der Waals surface area contributed by atoms with Crippen LogP contribution in [0.3, 0.4) is 0 Å². The maximum Gasteiger partial charge on any atom is 0.217 e. The van der Waals surface area contributed by atoms with Gasteiger partial charge in [-0.1, -0.05) is 83.6 Å². The predicted octanol–water partition coefficient (Wildman–Crippen LogP) is 6.77. The molecule has 0 saturated heterocycles. The summed E-state index contributed by atoms with van der Waals surface area (Å²) in [5, 5.41) is 17.9. The second-order valence-electron chi connectivity index (χ2n) is 11.6. The van der Waals surface area contributed by atoms with Gasteiger partial charge in [-0.3, -0.25) is 4.79 Å². The monoisotopic (exact) mass is 540 g/mol. The fourth-order valence-corrected chi connectivity index (χ4v) is 5.70. The zero-order chi connectivity index (χ0) is 28.3. The standard InChI is InChI=1S/C33H49FN2O3/c1-5-6-7-11-17-39-30-19-26(18-29(34)22-30)20-31(36-25(4)37)32(38)23-35-33(15-9-8-10-16-33)28-14-12-13-27(21-28)24(2)3/h12-14,18-19,21-22,24,31-32,35,38H,5-11,15-17,20,23H2,1-4H3,(H,36,37). The number of amides is 1. The van der Waals surface area contributed by atoms with Crippen molar-refractivity contribution in [3.8, 4) is 5.75 Å². The maximum atomic E-state index is 14.4. The zero-order valence-corrected chi connectivity index (χ0v) is 24.4. The molecule has 39 heavy (non-hydrogen) atoms. The minimum absolute atomic E-state index is 0.206. The van der Waals surface area contributed by atoms with Crippen molar-refractivity contribution in [2.24, 2.45) is 0 Å². The number of carbonyl (C=O) groups excluding carboxylic acids is 1. The molecule has 0 radical (unpaired) electrons. The second kappa shape index (κ2) is 15.4. The van der Waals surface area contributed by atoms with Crippen LogP contribution >= 0.6 is 0 Å². The van der Waals surface area contributed by atoms with Gasteiger partial charge in [0.1, 0.15) is 11.6 Å². The second-order valence-corrected chi connectivity index (χ2v) is 11.6. The molecular weight excluding hydrogens is 491 g/mol. The lowest BCUT2D eigenvalue weighted by atomic mass is 9.75. The molecule has 0 aliphatic heterocycles. The van der Waals surface area contributed by atoms with Crippen LogP contribution in [0.1, 0.15) is 108 Å². The average Bonchev–Trinajstić information content (AvgIpc) is 2.91. The van der Waals surface area contributed by atoms with E-state index >= 15 is 0 Å². The molecule has 1 amide bonds. The third kappa shape index (κ3) is 9.61. The van der Waals surface area contributed by atoms with E-state index in [0.29, 0.717) is 36.8 Å². The van der Waals surface area contributed by atoms with Crippen molar-refractivity contribution < 1.29 is 19.0 Å². The molecule has 1 aliphatic carbocycles. The Bertz CT molecular complexity index is 1040. The number of carbonyl (C=O) groups is 1. The lowest BCUT2D eigenvalue weighted by Crippen LogP contribution is -2.53. The molecule has 1 aliphatic rings. The first-order chi connectivity index (χ1) is 18.7. The molecule has 2 unspecified atom stereocenters. The molecular formula is C33H49FN2O3. The number of ether oxygens (including phenoxy) is 1. The number of aliphatic hydroxyl groups is 1. The molecule has 3 rings (SSSR count). The van der Waals surface area contributed by atoms with Crippen LogP contribution in [-0.2, 0) is 16.8 Å². The highest BCUT2D eigenvalue weighted by Gasteiger charge is 2.35. The number of hydrogen-bond acceptors (Lipinski definition) is 4. The van der Waals surface area contributed by atoms with E-state index in [0.717, 1.165) is 51.4 Å². The lowest BCUT2D eigenvalue weighted by molar-refractivity contribution is -0.120. The fourth-order valence-electron chi connectivity index (χ4n) is 5.70. The molecule has 5 nitrogen and oxygen atoms in total. The van der Waals surface area contributed by atoms with Gasteiger partial charge in [0, 0.05) is 25.1 Å². The smallest absolute Gasteiger partial charge is 0.217 e. The van der Waals surface area contributed by atoms with E-state index in [9.17, 15) is 14.3 Å². The highest BCUT2D eigenvalue weighted by Crippen LogP contribution is 2.38. The number of aliphatic hydroxyl groups excluding tert-OH is 1. The largest absolute Gasteiger partial charge is 0.493 e. The third-order valence-electron chi connectivity index (χ3n) is 7.97. The first-order valence-electron chi connectivity index (χ1n) is 15.0. The van der Waals surface area contributed by atoms with Crippen molar-refractivity contribution >= 4 is 5.91 Å². The van der Waals surface area contributed by atoms with Crippen LogP contribution in [0.4, 0.5) is 4.39 Å². The highest BCUT2D eigenvalue weighted by molar-refractivity contribution is 5.73. The van der Waals surface area contributed by atoms with Gasteiger partial charge in [-0.05, 0) is 60.4 Å². The Morgan fingerprint density at radius 1 is 1.08 bits per heavy atom. The van der Waals surface area contributed by atoms with Crippen molar-refractivity contribution in [2.75, 3.05) is 13.2 Å². The van der Waals surface area contributed by atoms with E-state index in [-0.39, 0.29) is 17.3 Å². The summed E-state index contributed by atoms with van der Waals surface area (Å²) in [6, 6.07) is 12.9. The number of benzene rings is 2. The molecule has 2 atom stereocenters. The predicted molar refractivity (Wildman–Crippen MR) is 157 cm³/mol. The minimum atomic E-state index is -0.845. The Labute approximate surface area is 234 Å². The molecule has 2 aromatic rings. The van der Waals surface area contributed by atoms with Crippen LogP contribution in [-0.4, -0.2) is 36.3 Å². The molecule has 3 N–H and O–H groups in total. The van der Waals surface area contributed by atoms with Crippen molar-refractivity contribution in [1.29, 1.82) is 0 Å². The van der Waals surface area contributed by atoms with Gasteiger partial charge >= 0.3 is 0 Å². The van der Waals surface area contributed by atoms with Gasteiger partial charge in [-0.2, -0.15) is 0 Å². The lowest BCUT2D eigenvalue weighted by Gasteiger charge is -2.40. The van der Waals surface area contributed by atoms with Crippen LogP contribution < -0.4 is 15.4 Å². The Morgan fingerprint density at radius 3 is 2.54 bits per heavy atom. The quantitative estimate of drug-likeness (QED) is 0.218. The van der Waals surface area contributed by atoms with Gasteiger partial charge in [-0.25, -0.2) is 4.39 Å². The van der Waals surface area contributed by atoms with Gasteiger partial charge < -0.3 is 20.5 Å². The van der Waals surface area contributed by atoms with E-state index in [4.69, 9.17) is 4.74 Å². The average molecular weight is 541 g/mol. The van der Waals surface area contributed by atoms with Crippen LogP contribution in [0.2, 0.25) is 0 Å². The number of rotatable bonds is 15. The van der Waals surface area contributed by atoms with Crippen molar-refractivity contribution in [2.45, 2.75) is 116 Å². The molecule has 6 heteroatoms. The van der Waals surface area contributed by atoms with E-state index in [1.165, 1.54) is 36.6 Å². The number of halogens is 1. The fraction of sp³-hybridized carbons (Fsp3) is 0.606. The van der Waals surface area contributed by atoms with Gasteiger partial charge in [-0.15, -0.1) is 0 Å². The van der Waals surface area contributed by atoms with E-state index in [2.05, 4.69) is 55.7 Å². The summed E-state index contributed by atoms with van der Waals surface area (Å²) >= 11 is 0. The van der Waals surface area contributed by atoms with Crippen LogP contribution in [0.15, 0.2) is 42.5 Å². The SMILES string of the molecule is CCCCCCOc1cc(F)cc(CC(NC(C)=O)C(O)CNC2(c3cccc(C(C)C)c3)CCCCC2)c1. The highest BCUT2D eigenvalue weighted by atomic mass is 19.1. The normalized spacial score (nSPS) is 16.6. The first kappa shape index (κ1) is 31.1. The van der Waals surface area contributed by atoms with Crippen LogP contribution in [0, 0.1) is 5.82 Å². The van der Waals surface area contributed by atoms with Crippen LogP contribution in [0.25, 0.3) is 0 Å². The van der Waals surface area contributed by atoms with Gasteiger partial charge in [0.05, 0.1) is 18.8 Å². The van der Waals surface area contributed by atoms with Gasteiger partial charge in [0.25, 0.3) is 0 Å². The first-order valence-corrected chi connectivity index (χ1v) is 15.0. The van der Waals surface area contributed by atoms with E-state index in [1.54, 1.807) is 0 Å². The molecule has 0 spiro atoms. The Hall–Kier alpha value is -2.44. The summed E-state index contributed by atoms with van der Waals surface area (Å²) < 4.78 is 20.3. The minimum Gasteiger partial charge on any atom is -0.493 e. The molecule has 216 valence electrons. The van der Waals surface area contributed by atoms with Crippen molar-refractivity contribution in [3.63, 3.8) is 0 Å². The molecule has 0 heterocycles. The topological polar surface area (TPSA) is 70.6 Å². The van der Waals surface area contributed by atoms with Gasteiger partial charge in [0.15, 0.2) is 0 Å². The van der Waals surface area contributed by atoms with E-state index in [1.807, 2.05) is 6.07 Å². The Morgan fingerprint density at radius 2 is 1.85 bits per heavy atom. The third-order valence-corrected chi connectivity index (χ3v) is 7.97. The molecule has 0 bridgehead atoms. The summed E-state index contributed by atoms with van der Waals surface area (Å²) in [5.74, 6) is 0.329. The maximum absolute atomic E-state index is 14.4. The summed E-state index contributed by atoms with van der Waals surface area (Å²) in [6.45, 7) is 8.89.